The molecular formula is C22H23F3N2O4S2. The molecule has 2 rings (SSSR count). The number of carbonyl (C=O) groups is 4. The van der Waals surface area contributed by atoms with Crippen molar-refractivity contribution in [1.29, 1.82) is 0 Å². The average Bonchev–Trinajstić information content (AvgIpc) is 3.24. The number of amides is 2. The molecular weight excluding hydrogens is 477 g/mol. The molecule has 1 atom stereocenters. The molecule has 1 aromatic carbocycles. The summed E-state index contributed by atoms with van der Waals surface area (Å²) in [5.41, 5.74) is 1.60. The molecule has 0 unspecified atom stereocenters. The Morgan fingerprint density at radius 3 is 2.55 bits per heavy atom. The molecule has 2 amide bonds. The monoisotopic (exact) mass is 500 g/mol. The summed E-state index contributed by atoms with van der Waals surface area (Å²) in [6, 6.07) is 7.20. The summed E-state index contributed by atoms with van der Waals surface area (Å²) in [4.78, 5) is 47.7. The zero-order valence-corrected chi connectivity index (χ0v) is 19.4. The van der Waals surface area contributed by atoms with E-state index in [9.17, 15) is 32.3 Å². The van der Waals surface area contributed by atoms with Gasteiger partial charge in [0.1, 0.15) is 6.04 Å². The van der Waals surface area contributed by atoms with Crippen LogP contribution in [0.25, 0.3) is 0 Å². The molecule has 0 aliphatic carbocycles. The van der Waals surface area contributed by atoms with E-state index in [-0.39, 0.29) is 30.3 Å². The minimum Gasteiger partial charge on any atom is -0.344 e. The van der Waals surface area contributed by atoms with Crippen LogP contribution in [-0.4, -0.2) is 47.1 Å². The van der Waals surface area contributed by atoms with Gasteiger partial charge in [-0.25, -0.2) is 0 Å². The molecule has 178 valence electrons. The first-order chi connectivity index (χ1) is 15.6. The highest BCUT2D eigenvalue weighted by molar-refractivity contribution is 7.99. The van der Waals surface area contributed by atoms with Crippen LogP contribution in [0, 0.1) is 0 Å². The van der Waals surface area contributed by atoms with Gasteiger partial charge in [-0.15, -0.1) is 0 Å². The maximum atomic E-state index is 12.8. The van der Waals surface area contributed by atoms with E-state index in [4.69, 9.17) is 0 Å². The summed E-state index contributed by atoms with van der Waals surface area (Å²) in [6.07, 6.45) is -4.30. The fourth-order valence-corrected chi connectivity index (χ4v) is 4.31. The number of anilines is 1. The van der Waals surface area contributed by atoms with Crippen LogP contribution in [0.3, 0.4) is 0 Å². The van der Waals surface area contributed by atoms with E-state index in [1.54, 1.807) is 24.3 Å². The fourth-order valence-electron chi connectivity index (χ4n) is 2.77. The number of thioether (sulfide) groups is 1. The molecule has 0 radical (unpaired) electrons. The smallest absolute Gasteiger partial charge is 0.344 e. The number of halogens is 3. The quantitative estimate of drug-likeness (QED) is 0.336. The maximum Gasteiger partial charge on any atom is 0.450 e. The van der Waals surface area contributed by atoms with Gasteiger partial charge in [0.2, 0.25) is 17.6 Å². The highest BCUT2D eigenvalue weighted by Crippen LogP contribution is 2.20. The summed E-state index contributed by atoms with van der Waals surface area (Å²) in [5.74, 6) is -3.33. The minimum atomic E-state index is -4.86. The van der Waals surface area contributed by atoms with Crippen LogP contribution in [0.2, 0.25) is 0 Å². The lowest BCUT2D eigenvalue weighted by Crippen LogP contribution is -2.44. The van der Waals surface area contributed by atoms with Crippen molar-refractivity contribution in [2.45, 2.75) is 38.4 Å². The van der Waals surface area contributed by atoms with E-state index in [0.29, 0.717) is 17.7 Å². The third kappa shape index (κ3) is 9.39. The first-order valence-electron chi connectivity index (χ1n) is 9.96. The van der Waals surface area contributed by atoms with Crippen LogP contribution in [0.5, 0.6) is 0 Å². The van der Waals surface area contributed by atoms with Gasteiger partial charge in [0.05, 0.1) is 12.2 Å². The fraction of sp³-hybridized carbons (Fsp3) is 0.364. The Kier molecular flexibility index (Phi) is 10.1. The summed E-state index contributed by atoms with van der Waals surface area (Å²) >= 11 is 2.26. The summed E-state index contributed by atoms with van der Waals surface area (Å²) in [5, 5.41) is 8.98. The van der Waals surface area contributed by atoms with Gasteiger partial charge in [0.15, 0.2) is 5.78 Å². The van der Waals surface area contributed by atoms with Gasteiger partial charge in [-0.2, -0.15) is 36.3 Å². The van der Waals surface area contributed by atoms with E-state index >= 15 is 0 Å². The number of hydrogen-bond donors (Lipinski definition) is 2. The summed E-state index contributed by atoms with van der Waals surface area (Å²) in [7, 11) is 0. The molecule has 1 aromatic heterocycles. The van der Waals surface area contributed by atoms with Crippen molar-refractivity contribution >= 4 is 52.2 Å². The minimum absolute atomic E-state index is 0.0853. The van der Waals surface area contributed by atoms with Crippen LogP contribution >= 0.6 is 23.1 Å². The molecule has 0 saturated heterocycles. The standard InChI is InChI=1S/C22H23F3N2O4S2/c1-14(28)16-4-2-5-17(11-16)26-21(31)18(27-20(30)10-15-7-9-33-12-15)6-3-8-32-13-19(29)22(23,24)25/h2,4-5,7,9,11-12,18H,3,6,8,10,13H2,1H3,(H,26,31)(H,27,30)/t18-/m0/s1. The molecule has 0 saturated carbocycles. The predicted octanol–water partition coefficient (Wildman–Crippen LogP) is 4.26. The molecule has 6 nitrogen and oxygen atoms in total. The van der Waals surface area contributed by atoms with Crippen molar-refractivity contribution in [3.05, 3.63) is 52.2 Å². The van der Waals surface area contributed by atoms with Gasteiger partial charge in [0, 0.05) is 11.3 Å². The van der Waals surface area contributed by atoms with Crippen molar-refractivity contribution < 1.29 is 32.3 Å². The number of thiophene rings is 1. The highest BCUT2D eigenvalue weighted by Gasteiger charge is 2.37. The van der Waals surface area contributed by atoms with Gasteiger partial charge >= 0.3 is 6.18 Å². The van der Waals surface area contributed by atoms with Crippen molar-refractivity contribution in [2.24, 2.45) is 0 Å². The van der Waals surface area contributed by atoms with Crippen LogP contribution < -0.4 is 10.6 Å². The lowest BCUT2D eigenvalue weighted by atomic mass is 10.1. The first kappa shape index (κ1) is 26.6. The second-order valence-electron chi connectivity index (χ2n) is 7.17. The molecule has 2 N–H and O–H groups in total. The lowest BCUT2D eigenvalue weighted by Gasteiger charge is -2.19. The largest absolute Gasteiger partial charge is 0.450 e. The zero-order valence-electron chi connectivity index (χ0n) is 17.7. The van der Waals surface area contributed by atoms with Crippen molar-refractivity contribution in [2.75, 3.05) is 16.8 Å². The zero-order chi connectivity index (χ0) is 24.4. The SMILES string of the molecule is CC(=O)c1cccc(NC(=O)[C@H](CCCSCC(=O)C(F)(F)F)NC(=O)Cc2ccsc2)c1. The molecule has 1 heterocycles. The lowest BCUT2D eigenvalue weighted by molar-refractivity contribution is -0.167. The molecule has 2 aromatic rings. The van der Waals surface area contributed by atoms with Gasteiger partial charge in [-0.1, -0.05) is 12.1 Å². The summed E-state index contributed by atoms with van der Waals surface area (Å²) in [6.45, 7) is 1.40. The van der Waals surface area contributed by atoms with Gasteiger partial charge < -0.3 is 10.6 Å². The second-order valence-corrected chi connectivity index (χ2v) is 9.06. The maximum absolute atomic E-state index is 12.8. The van der Waals surface area contributed by atoms with E-state index in [0.717, 1.165) is 17.3 Å². The number of nitrogens with one attached hydrogen (secondary N) is 2. The number of rotatable bonds is 12. The Bertz CT molecular complexity index is 978. The van der Waals surface area contributed by atoms with Crippen LogP contribution in [0.15, 0.2) is 41.1 Å². The molecule has 0 aliphatic rings. The number of hydrogen-bond acceptors (Lipinski definition) is 6. The Balaban J connectivity index is 1.97. The third-order valence-corrected chi connectivity index (χ3v) is 6.24. The molecule has 0 bridgehead atoms. The average molecular weight is 501 g/mol. The van der Waals surface area contributed by atoms with E-state index < -0.39 is 29.7 Å². The normalized spacial score (nSPS) is 12.1. The van der Waals surface area contributed by atoms with Crippen LogP contribution in [0.4, 0.5) is 18.9 Å². The number of Topliss-reactive ketones (excluding diaryl/α,β-unsaturated/α-hetero) is 2. The Morgan fingerprint density at radius 2 is 1.91 bits per heavy atom. The predicted molar refractivity (Wildman–Crippen MR) is 123 cm³/mol. The Morgan fingerprint density at radius 1 is 1.15 bits per heavy atom. The highest BCUT2D eigenvalue weighted by atomic mass is 32.2. The van der Waals surface area contributed by atoms with Crippen LogP contribution in [-0.2, 0) is 20.8 Å². The molecule has 0 fully saturated rings. The van der Waals surface area contributed by atoms with Crippen molar-refractivity contribution in [1.82, 2.24) is 5.32 Å². The Hall–Kier alpha value is -2.66. The molecule has 33 heavy (non-hydrogen) atoms. The van der Waals surface area contributed by atoms with E-state index in [1.165, 1.54) is 24.3 Å². The number of benzene rings is 1. The molecule has 0 aliphatic heterocycles. The van der Waals surface area contributed by atoms with E-state index in [1.807, 2.05) is 10.8 Å². The number of carbonyl (C=O) groups excluding carboxylic acids is 4. The number of alkyl halides is 3. The van der Waals surface area contributed by atoms with Crippen molar-refractivity contribution in [3.63, 3.8) is 0 Å². The topological polar surface area (TPSA) is 92.3 Å². The van der Waals surface area contributed by atoms with Gasteiger partial charge in [-0.05, 0) is 60.0 Å². The van der Waals surface area contributed by atoms with Gasteiger partial charge in [-0.3, -0.25) is 19.2 Å². The molecule has 0 spiro atoms. The molecule has 11 heteroatoms. The third-order valence-electron chi connectivity index (χ3n) is 4.46. The summed E-state index contributed by atoms with van der Waals surface area (Å²) < 4.78 is 36.9. The number of ketones is 2. The first-order valence-corrected chi connectivity index (χ1v) is 12.1. The second kappa shape index (κ2) is 12.5. The Labute approximate surface area is 197 Å². The van der Waals surface area contributed by atoms with Crippen molar-refractivity contribution in [3.8, 4) is 0 Å². The van der Waals surface area contributed by atoms with Gasteiger partial charge in [0.25, 0.3) is 0 Å². The van der Waals surface area contributed by atoms with Crippen LogP contribution in [0.1, 0.15) is 35.7 Å². The van der Waals surface area contributed by atoms with E-state index in [2.05, 4.69) is 10.6 Å².